The predicted molar refractivity (Wildman–Crippen MR) is 89.1 cm³/mol. The standard InChI is InChI=1S/C19H17NO3.Na/c1-12-5-3-4-6-17(12)20-19(22)16-10-14-9-15(23-2)8-7-13(14)11-18(16)21;/h3-11,21H,1-2H3,(H,20,22);/q;+1/p-1. The summed E-state index contributed by atoms with van der Waals surface area (Å²) in [6.45, 7) is 1.90. The number of anilines is 1. The van der Waals surface area contributed by atoms with Crippen molar-refractivity contribution in [3.63, 3.8) is 0 Å². The summed E-state index contributed by atoms with van der Waals surface area (Å²) in [5.41, 5.74) is 1.76. The summed E-state index contributed by atoms with van der Waals surface area (Å²) in [5, 5.41) is 16.6. The van der Waals surface area contributed by atoms with E-state index in [0.717, 1.165) is 16.3 Å². The van der Waals surface area contributed by atoms with E-state index in [4.69, 9.17) is 4.74 Å². The fraction of sp³-hybridized carbons (Fsp3) is 0.105. The molecule has 3 aromatic carbocycles. The fourth-order valence-corrected chi connectivity index (χ4v) is 2.46. The number of carbonyl (C=O) groups is 1. The molecule has 0 aliphatic rings. The van der Waals surface area contributed by atoms with E-state index in [1.54, 1.807) is 31.4 Å². The summed E-state index contributed by atoms with van der Waals surface area (Å²) in [4.78, 5) is 12.4. The van der Waals surface area contributed by atoms with Crippen molar-refractivity contribution >= 4 is 22.4 Å². The van der Waals surface area contributed by atoms with Gasteiger partial charge in [-0.25, -0.2) is 0 Å². The maximum absolute atomic E-state index is 12.4. The molecule has 0 aromatic heterocycles. The number of hydrogen-bond acceptors (Lipinski definition) is 3. The van der Waals surface area contributed by atoms with Gasteiger partial charge in [0, 0.05) is 11.3 Å². The number of benzene rings is 3. The van der Waals surface area contributed by atoms with Gasteiger partial charge in [-0.1, -0.05) is 36.1 Å². The molecule has 0 saturated carbocycles. The Hall–Kier alpha value is -2.01. The van der Waals surface area contributed by atoms with E-state index in [1.807, 2.05) is 31.2 Å². The van der Waals surface area contributed by atoms with Crippen molar-refractivity contribution in [3.05, 3.63) is 65.7 Å². The predicted octanol–water partition coefficient (Wildman–Crippen LogP) is 0.487. The van der Waals surface area contributed by atoms with Crippen LogP contribution in [0, 0.1) is 6.92 Å². The second kappa shape index (κ2) is 7.71. The van der Waals surface area contributed by atoms with E-state index < -0.39 is 5.91 Å². The Bertz CT molecular complexity index is 893. The Morgan fingerprint density at radius 3 is 2.50 bits per heavy atom. The number of aryl methyl sites for hydroxylation is 1. The third-order valence-corrected chi connectivity index (χ3v) is 3.78. The van der Waals surface area contributed by atoms with Crippen molar-refractivity contribution < 1.29 is 44.2 Å². The first kappa shape index (κ1) is 18.3. The molecule has 0 saturated heterocycles. The van der Waals surface area contributed by atoms with Crippen LogP contribution in [0.1, 0.15) is 15.9 Å². The van der Waals surface area contributed by atoms with Crippen LogP contribution in [0.15, 0.2) is 54.6 Å². The number of amides is 1. The van der Waals surface area contributed by atoms with Gasteiger partial charge in [-0.2, -0.15) is 0 Å². The molecule has 1 N–H and O–H groups in total. The zero-order valence-corrected chi connectivity index (χ0v) is 15.9. The molecule has 0 heterocycles. The van der Waals surface area contributed by atoms with Crippen LogP contribution < -0.4 is 44.7 Å². The van der Waals surface area contributed by atoms with Crippen molar-refractivity contribution in [2.45, 2.75) is 6.92 Å². The Morgan fingerprint density at radius 1 is 1.04 bits per heavy atom. The first-order valence-corrected chi connectivity index (χ1v) is 7.24. The summed E-state index contributed by atoms with van der Waals surface area (Å²) in [5.74, 6) is -0.0239. The first-order chi connectivity index (χ1) is 11.1. The van der Waals surface area contributed by atoms with E-state index in [-0.39, 0.29) is 40.9 Å². The summed E-state index contributed by atoms with van der Waals surface area (Å²) >= 11 is 0. The van der Waals surface area contributed by atoms with Crippen LogP contribution in [0.3, 0.4) is 0 Å². The van der Waals surface area contributed by atoms with Gasteiger partial charge in [-0.3, -0.25) is 4.79 Å². The molecule has 0 aliphatic carbocycles. The van der Waals surface area contributed by atoms with Gasteiger partial charge in [0.25, 0.3) is 5.91 Å². The van der Waals surface area contributed by atoms with E-state index in [2.05, 4.69) is 5.32 Å². The number of ether oxygens (including phenoxy) is 1. The van der Waals surface area contributed by atoms with Crippen LogP contribution in [-0.4, -0.2) is 13.0 Å². The van der Waals surface area contributed by atoms with E-state index in [0.29, 0.717) is 11.4 Å². The SMILES string of the molecule is COc1ccc2cc([O-])c(C(=O)Nc3ccccc3C)cc2c1.[Na+]. The molecule has 4 nitrogen and oxygen atoms in total. The number of para-hydroxylation sites is 1. The number of hydrogen-bond donors (Lipinski definition) is 1. The van der Waals surface area contributed by atoms with Gasteiger partial charge in [0.1, 0.15) is 5.75 Å². The van der Waals surface area contributed by atoms with Gasteiger partial charge < -0.3 is 15.2 Å². The number of nitrogens with one attached hydrogen (secondary N) is 1. The quantitative estimate of drug-likeness (QED) is 0.712. The van der Waals surface area contributed by atoms with Gasteiger partial charge in [-0.15, -0.1) is 0 Å². The molecule has 0 aliphatic heterocycles. The van der Waals surface area contributed by atoms with Gasteiger partial charge in [0.15, 0.2) is 0 Å². The van der Waals surface area contributed by atoms with Crippen molar-refractivity contribution in [1.29, 1.82) is 0 Å². The van der Waals surface area contributed by atoms with Crippen molar-refractivity contribution in [1.82, 2.24) is 0 Å². The van der Waals surface area contributed by atoms with E-state index in [1.165, 1.54) is 6.07 Å². The zero-order valence-electron chi connectivity index (χ0n) is 13.9. The first-order valence-electron chi connectivity index (χ1n) is 7.24. The van der Waals surface area contributed by atoms with Crippen LogP contribution in [-0.2, 0) is 0 Å². The minimum absolute atomic E-state index is 0. The molecule has 0 spiro atoms. The maximum Gasteiger partial charge on any atom is 1.00 e. The maximum atomic E-state index is 12.4. The molecule has 0 bridgehead atoms. The van der Waals surface area contributed by atoms with Gasteiger partial charge in [0.05, 0.1) is 7.11 Å². The number of rotatable bonds is 3. The van der Waals surface area contributed by atoms with Crippen molar-refractivity contribution in [2.75, 3.05) is 12.4 Å². The molecule has 24 heavy (non-hydrogen) atoms. The molecule has 0 atom stereocenters. The molecular formula is C19H16NNaO3. The second-order valence-corrected chi connectivity index (χ2v) is 5.33. The van der Waals surface area contributed by atoms with E-state index in [9.17, 15) is 9.90 Å². The molecule has 3 rings (SSSR count). The summed E-state index contributed by atoms with van der Waals surface area (Å²) in [6, 6.07) is 15.9. The molecular weight excluding hydrogens is 313 g/mol. The number of carbonyl (C=O) groups excluding carboxylic acids is 1. The van der Waals surface area contributed by atoms with Crippen LogP contribution in [0.2, 0.25) is 0 Å². The summed E-state index contributed by atoms with van der Waals surface area (Å²) < 4.78 is 5.19. The monoisotopic (exact) mass is 329 g/mol. The van der Waals surface area contributed by atoms with Crippen LogP contribution >= 0.6 is 0 Å². The van der Waals surface area contributed by atoms with E-state index >= 15 is 0 Å². The topological polar surface area (TPSA) is 61.4 Å². The Morgan fingerprint density at radius 2 is 1.79 bits per heavy atom. The average Bonchev–Trinajstić information content (AvgIpc) is 2.55. The van der Waals surface area contributed by atoms with Gasteiger partial charge in [-0.05, 0) is 47.5 Å². The van der Waals surface area contributed by atoms with Gasteiger partial charge >= 0.3 is 29.6 Å². The smallest absolute Gasteiger partial charge is 0.872 e. The Labute approximate surface area is 162 Å². The molecule has 0 unspecified atom stereocenters. The molecule has 1 amide bonds. The average molecular weight is 329 g/mol. The van der Waals surface area contributed by atoms with Gasteiger partial charge in [0.2, 0.25) is 0 Å². The second-order valence-electron chi connectivity index (χ2n) is 5.33. The van der Waals surface area contributed by atoms with Crippen LogP contribution in [0.4, 0.5) is 5.69 Å². The Kier molecular flexibility index (Phi) is 5.89. The molecule has 3 aromatic rings. The number of fused-ring (bicyclic) bond motifs is 1. The Balaban J connectivity index is 0.00000208. The molecule has 5 heteroatoms. The molecule has 0 radical (unpaired) electrons. The molecule has 116 valence electrons. The summed E-state index contributed by atoms with van der Waals surface area (Å²) in [6.07, 6.45) is 0. The van der Waals surface area contributed by atoms with Crippen LogP contribution in [0.5, 0.6) is 11.5 Å². The largest absolute Gasteiger partial charge is 1.00 e. The zero-order chi connectivity index (χ0) is 16.4. The molecule has 0 fully saturated rings. The minimum Gasteiger partial charge on any atom is -0.872 e. The third kappa shape index (κ3) is 3.73. The summed E-state index contributed by atoms with van der Waals surface area (Å²) in [7, 11) is 1.58. The fourth-order valence-electron chi connectivity index (χ4n) is 2.46. The normalized spacial score (nSPS) is 10.1. The number of methoxy groups -OCH3 is 1. The van der Waals surface area contributed by atoms with Crippen molar-refractivity contribution in [3.8, 4) is 11.5 Å². The van der Waals surface area contributed by atoms with Crippen molar-refractivity contribution in [2.24, 2.45) is 0 Å². The van der Waals surface area contributed by atoms with Crippen LogP contribution in [0.25, 0.3) is 10.8 Å². The minimum atomic E-state index is -0.408. The third-order valence-electron chi connectivity index (χ3n) is 3.78.